The largest absolute Gasteiger partial charge is 0.495 e. The van der Waals surface area contributed by atoms with Crippen LogP contribution >= 0.6 is 45.2 Å². The molecule has 0 spiro atoms. The first-order valence-electron chi connectivity index (χ1n) is 3.81. The molecule has 0 amide bonds. The third kappa shape index (κ3) is 2.95. The molecule has 0 saturated carbocycles. The molecule has 2 nitrogen and oxygen atoms in total. The second kappa shape index (κ2) is 5.35. The summed E-state index contributed by atoms with van der Waals surface area (Å²) in [5, 5.41) is 8.79. The minimum atomic E-state index is 0.193. The van der Waals surface area contributed by atoms with Crippen molar-refractivity contribution in [1.82, 2.24) is 0 Å². The standard InChI is InChI=1S/C9H10I2O2/c1-13-9-7(10)4-6(2-3-12)5-8(9)11/h4-5,12H,2-3H2,1H3. The third-order valence-electron chi connectivity index (χ3n) is 1.66. The highest BCUT2D eigenvalue weighted by Gasteiger charge is 2.06. The van der Waals surface area contributed by atoms with Crippen molar-refractivity contribution in [2.24, 2.45) is 0 Å². The molecule has 0 aliphatic rings. The molecular weight excluding hydrogens is 394 g/mol. The summed E-state index contributed by atoms with van der Waals surface area (Å²) in [5.41, 5.74) is 1.15. The zero-order valence-electron chi connectivity index (χ0n) is 7.18. The van der Waals surface area contributed by atoms with Gasteiger partial charge >= 0.3 is 0 Å². The van der Waals surface area contributed by atoms with E-state index in [2.05, 4.69) is 45.2 Å². The Morgan fingerprint density at radius 3 is 2.23 bits per heavy atom. The van der Waals surface area contributed by atoms with Crippen molar-refractivity contribution in [3.05, 3.63) is 24.8 Å². The molecule has 0 fully saturated rings. The molecule has 0 radical (unpaired) electrons. The molecule has 0 aromatic heterocycles. The maximum absolute atomic E-state index is 8.79. The monoisotopic (exact) mass is 404 g/mol. The highest BCUT2D eigenvalue weighted by atomic mass is 127. The molecular formula is C9H10I2O2. The van der Waals surface area contributed by atoms with Crippen molar-refractivity contribution in [3.8, 4) is 5.75 Å². The van der Waals surface area contributed by atoms with Crippen LogP contribution < -0.4 is 4.74 Å². The molecule has 1 aromatic rings. The van der Waals surface area contributed by atoms with Gasteiger partial charge < -0.3 is 9.84 Å². The number of halogens is 2. The third-order valence-corrected chi connectivity index (χ3v) is 3.27. The van der Waals surface area contributed by atoms with Crippen LogP contribution in [0.3, 0.4) is 0 Å². The lowest BCUT2D eigenvalue weighted by Crippen LogP contribution is -1.96. The molecule has 0 unspecified atom stereocenters. The summed E-state index contributed by atoms with van der Waals surface area (Å²) < 4.78 is 7.42. The van der Waals surface area contributed by atoms with Crippen LogP contribution in [0.4, 0.5) is 0 Å². The lowest BCUT2D eigenvalue weighted by Gasteiger charge is -2.08. The summed E-state index contributed by atoms with van der Waals surface area (Å²) in [6.45, 7) is 0.193. The van der Waals surface area contributed by atoms with Crippen LogP contribution in [-0.4, -0.2) is 18.8 Å². The Bertz CT molecular complexity index is 277. The summed E-state index contributed by atoms with van der Waals surface area (Å²) in [5.74, 6) is 0.919. The zero-order valence-corrected chi connectivity index (χ0v) is 11.5. The van der Waals surface area contributed by atoms with Crippen molar-refractivity contribution in [1.29, 1.82) is 0 Å². The summed E-state index contributed by atoms with van der Waals surface area (Å²) in [7, 11) is 1.67. The second-order valence-corrected chi connectivity index (χ2v) is 4.89. The van der Waals surface area contributed by atoms with E-state index in [4.69, 9.17) is 9.84 Å². The van der Waals surface area contributed by atoms with Crippen molar-refractivity contribution in [3.63, 3.8) is 0 Å². The first-order chi connectivity index (χ1) is 6.19. The molecule has 1 rings (SSSR count). The zero-order chi connectivity index (χ0) is 9.84. The van der Waals surface area contributed by atoms with Gasteiger partial charge in [0.1, 0.15) is 5.75 Å². The van der Waals surface area contributed by atoms with E-state index in [0.29, 0.717) is 6.42 Å². The van der Waals surface area contributed by atoms with E-state index in [-0.39, 0.29) is 6.61 Å². The Balaban J connectivity index is 3.05. The molecule has 0 aliphatic carbocycles. The van der Waals surface area contributed by atoms with Gasteiger partial charge in [0.2, 0.25) is 0 Å². The fourth-order valence-electron chi connectivity index (χ4n) is 1.08. The molecule has 1 N–H and O–H groups in total. The smallest absolute Gasteiger partial charge is 0.145 e. The van der Waals surface area contributed by atoms with Crippen molar-refractivity contribution in [2.45, 2.75) is 6.42 Å². The molecule has 0 bridgehead atoms. The van der Waals surface area contributed by atoms with Crippen LogP contribution in [0.25, 0.3) is 0 Å². The number of aliphatic hydroxyl groups excluding tert-OH is 1. The van der Waals surface area contributed by atoms with Crippen LogP contribution in [0.15, 0.2) is 12.1 Å². The SMILES string of the molecule is COc1c(I)cc(CCO)cc1I. The molecule has 72 valence electrons. The average molecular weight is 404 g/mol. The van der Waals surface area contributed by atoms with Gasteiger partial charge in [0, 0.05) is 6.61 Å². The predicted molar refractivity (Wildman–Crippen MR) is 69.2 cm³/mol. The number of hydrogen-bond donors (Lipinski definition) is 1. The van der Waals surface area contributed by atoms with Crippen LogP contribution in [-0.2, 0) is 6.42 Å². The molecule has 1 aromatic carbocycles. The summed E-state index contributed by atoms with van der Waals surface area (Å²) in [4.78, 5) is 0. The summed E-state index contributed by atoms with van der Waals surface area (Å²) in [6.07, 6.45) is 0.704. The molecule has 0 atom stereocenters. The van der Waals surface area contributed by atoms with Gasteiger partial charge in [0.05, 0.1) is 14.3 Å². The minimum Gasteiger partial charge on any atom is -0.495 e. The highest BCUT2D eigenvalue weighted by Crippen LogP contribution is 2.28. The topological polar surface area (TPSA) is 29.5 Å². The molecule has 4 heteroatoms. The van der Waals surface area contributed by atoms with Gasteiger partial charge in [-0.3, -0.25) is 0 Å². The number of methoxy groups -OCH3 is 1. The minimum absolute atomic E-state index is 0.193. The molecule has 0 heterocycles. The Kier molecular flexibility index (Phi) is 4.74. The van der Waals surface area contributed by atoms with Gasteiger partial charge in [-0.1, -0.05) is 0 Å². The van der Waals surface area contributed by atoms with E-state index >= 15 is 0 Å². The first kappa shape index (κ1) is 11.5. The van der Waals surface area contributed by atoms with E-state index < -0.39 is 0 Å². The van der Waals surface area contributed by atoms with Crippen LogP contribution in [0.2, 0.25) is 0 Å². The number of hydrogen-bond acceptors (Lipinski definition) is 2. The molecule has 0 saturated heterocycles. The highest BCUT2D eigenvalue weighted by molar-refractivity contribution is 14.1. The van der Waals surface area contributed by atoms with Gasteiger partial charge in [-0.2, -0.15) is 0 Å². The van der Waals surface area contributed by atoms with Gasteiger partial charge in [-0.05, 0) is 69.3 Å². The fraction of sp³-hybridized carbons (Fsp3) is 0.333. The van der Waals surface area contributed by atoms with Gasteiger partial charge in [-0.25, -0.2) is 0 Å². The van der Waals surface area contributed by atoms with E-state index in [1.807, 2.05) is 12.1 Å². The summed E-state index contributed by atoms with van der Waals surface area (Å²) >= 11 is 4.48. The van der Waals surface area contributed by atoms with E-state index in [1.165, 1.54) is 0 Å². The Labute approximate surface area is 105 Å². The summed E-state index contributed by atoms with van der Waals surface area (Å²) in [6, 6.07) is 4.08. The normalized spacial score (nSPS) is 10.2. The van der Waals surface area contributed by atoms with Crippen LogP contribution in [0.1, 0.15) is 5.56 Å². The molecule has 0 aliphatic heterocycles. The predicted octanol–water partition coefficient (Wildman–Crippen LogP) is 2.44. The van der Waals surface area contributed by atoms with Crippen LogP contribution in [0.5, 0.6) is 5.75 Å². The van der Waals surface area contributed by atoms with Crippen molar-refractivity contribution in [2.75, 3.05) is 13.7 Å². The lowest BCUT2D eigenvalue weighted by atomic mass is 10.1. The number of aliphatic hydroxyl groups is 1. The Morgan fingerprint density at radius 2 is 1.85 bits per heavy atom. The average Bonchev–Trinajstić information content (AvgIpc) is 2.04. The fourth-order valence-corrected chi connectivity index (χ4v) is 3.42. The number of benzene rings is 1. The number of ether oxygens (including phenoxy) is 1. The van der Waals surface area contributed by atoms with E-state index in [9.17, 15) is 0 Å². The van der Waals surface area contributed by atoms with Gasteiger partial charge in [-0.15, -0.1) is 0 Å². The first-order valence-corrected chi connectivity index (χ1v) is 5.97. The van der Waals surface area contributed by atoms with E-state index in [1.54, 1.807) is 7.11 Å². The maximum Gasteiger partial charge on any atom is 0.145 e. The van der Waals surface area contributed by atoms with Gasteiger partial charge in [0.15, 0.2) is 0 Å². The number of rotatable bonds is 3. The van der Waals surface area contributed by atoms with Crippen LogP contribution in [0, 0.1) is 7.14 Å². The second-order valence-electron chi connectivity index (χ2n) is 2.57. The van der Waals surface area contributed by atoms with Crippen molar-refractivity contribution < 1.29 is 9.84 Å². The lowest BCUT2D eigenvalue weighted by molar-refractivity contribution is 0.299. The Hall–Kier alpha value is 0.440. The quantitative estimate of drug-likeness (QED) is 0.785. The maximum atomic E-state index is 8.79. The Morgan fingerprint density at radius 1 is 1.31 bits per heavy atom. The van der Waals surface area contributed by atoms with Crippen molar-refractivity contribution >= 4 is 45.2 Å². The van der Waals surface area contributed by atoms with E-state index in [0.717, 1.165) is 18.5 Å². The molecule has 13 heavy (non-hydrogen) atoms. The van der Waals surface area contributed by atoms with Gasteiger partial charge in [0.25, 0.3) is 0 Å².